The predicted octanol–water partition coefficient (Wildman–Crippen LogP) is 3.33. The lowest BCUT2D eigenvalue weighted by atomic mass is 10.1. The molecule has 120 valence electrons. The molecule has 1 amide bonds. The molecule has 3 aromatic rings. The van der Waals surface area contributed by atoms with Crippen molar-refractivity contribution in [2.75, 3.05) is 12.0 Å². The number of rotatable bonds is 5. The van der Waals surface area contributed by atoms with Gasteiger partial charge in [0.05, 0.1) is 13.7 Å². The Morgan fingerprint density at radius 2 is 1.75 bits per heavy atom. The predicted molar refractivity (Wildman–Crippen MR) is 92.0 cm³/mol. The van der Waals surface area contributed by atoms with Crippen molar-refractivity contribution in [3.63, 3.8) is 0 Å². The largest absolute Gasteiger partial charge is 0.497 e. The first kappa shape index (κ1) is 15.7. The van der Waals surface area contributed by atoms with Crippen LogP contribution in [0, 0.1) is 0 Å². The van der Waals surface area contributed by atoms with Crippen molar-refractivity contribution in [2.24, 2.45) is 0 Å². The molecular weight excluding hydrogens is 302 g/mol. The molecule has 0 N–H and O–H groups in total. The maximum Gasteiger partial charge on any atom is 0.258 e. The summed E-state index contributed by atoms with van der Waals surface area (Å²) in [4.78, 5) is 22.8. The SMILES string of the molecule is COc1ccc(N(Cc2cccnc2)C(=O)c2ccncc2)cc1. The van der Waals surface area contributed by atoms with Crippen LogP contribution in [0.15, 0.2) is 73.3 Å². The van der Waals surface area contributed by atoms with Crippen LogP contribution >= 0.6 is 0 Å². The van der Waals surface area contributed by atoms with Crippen LogP contribution in [0.4, 0.5) is 5.69 Å². The fourth-order valence-corrected chi connectivity index (χ4v) is 2.37. The maximum atomic E-state index is 13.0. The molecule has 5 nitrogen and oxygen atoms in total. The first-order valence-electron chi connectivity index (χ1n) is 7.53. The van der Waals surface area contributed by atoms with Gasteiger partial charge in [-0.05, 0) is 48.0 Å². The summed E-state index contributed by atoms with van der Waals surface area (Å²) >= 11 is 0. The quantitative estimate of drug-likeness (QED) is 0.724. The van der Waals surface area contributed by atoms with Crippen molar-refractivity contribution in [3.8, 4) is 5.75 Å². The highest BCUT2D eigenvalue weighted by atomic mass is 16.5. The molecule has 0 unspecified atom stereocenters. The van der Waals surface area contributed by atoms with Crippen molar-refractivity contribution in [1.82, 2.24) is 9.97 Å². The number of ether oxygens (including phenoxy) is 1. The molecule has 1 aromatic carbocycles. The van der Waals surface area contributed by atoms with Gasteiger partial charge in [-0.25, -0.2) is 0 Å². The number of hydrogen-bond donors (Lipinski definition) is 0. The van der Waals surface area contributed by atoms with E-state index in [-0.39, 0.29) is 5.91 Å². The van der Waals surface area contributed by atoms with E-state index in [1.165, 1.54) is 0 Å². The van der Waals surface area contributed by atoms with E-state index >= 15 is 0 Å². The fraction of sp³-hybridized carbons (Fsp3) is 0.105. The Labute approximate surface area is 140 Å². The monoisotopic (exact) mass is 319 g/mol. The van der Waals surface area contributed by atoms with E-state index in [9.17, 15) is 4.79 Å². The van der Waals surface area contributed by atoms with Crippen LogP contribution < -0.4 is 9.64 Å². The normalized spacial score (nSPS) is 10.2. The summed E-state index contributed by atoms with van der Waals surface area (Å²) in [6, 6.07) is 14.6. The second-order valence-corrected chi connectivity index (χ2v) is 5.19. The molecule has 0 spiro atoms. The topological polar surface area (TPSA) is 55.3 Å². The van der Waals surface area contributed by atoms with Crippen molar-refractivity contribution in [2.45, 2.75) is 6.54 Å². The number of carbonyl (C=O) groups is 1. The maximum absolute atomic E-state index is 13.0. The van der Waals surface area contributed by atoms with E-state index in [0.717, 1.165) is 17.0 Å². The molecule has 0 bridgehead atoms. The van der Waals surface area contributed by atoms with E-state index in [1.54, 1.807) is 48.9 Å². The van der Waals surface area contributed by atoms with Gasteiger partial charge in [0, 0.05) is 36.0 Å². The number of pyridine rings is 2. The highest BCUT2D eigenvalue weighted by Gasteiger charge is 2.18. The molecule has 5 heteroatoms. The Bertz CT molecular complexity index is 790. The summed E-state index contributed by atoms with van der Waals surface area (Å²) in [5.74, 6) is 0.655. The van der Waals surface area contributed by atoms with Crippen LogP contribution in [0.1, 0.15) is 15.9 Å². The molecule has 0 aliphatic carbocycles. The standard InChI is InChI=1S/C19H17N3O2/c1-24-18-6-4-17(5-7-18)22(14-15-3-2-10-21-13-15)19(23)16-8-11-20-12-9-16/h2-13H,14H2,1H3. The average molecular weight is 319 g/mol. The number of hydrogen-bond acceptors (Lipinski definition) is 4. The zero-order valence-corrected chi connectivity index (χ0v) is 13.3. The highest BCUT2D eigenvalue weighted by Crippen LogP contribution is 2.23. The number of anilines is 1. The van der Waals surface area contributed by atoms with Gasteiger partial charge in [0.1, 0.15) is 5.75 Å². The van der Waals surface area contributed by atoms with Crippen molar-refractivity contribution >= 4 is 11.6 Å². The first-order valence-corrected chi connectivity index (χ1v) is 7.53. The second-order valence-electron chi connectivity index (χ2n) is 5.19. The van der Waals surface area contributed by atoms with Gasteiger partial charge in [-0.1, -0.05) is 6.07 Å². The van der Waals surface area contributed by atoms with Gasteiger partial charge in [-0.2, -0.15) is 0 Å². The van der Waals surface area contributed by atoms with E-state index < -0.39 is 0 Å². The van der Waals surface area contributed by atoms with Crippen molar-refractivity contribution in [1.29, 1.82) is 0 Å². The molecule has 0 radical (unpaired) electrons. The van der Waals surface area contributed by atoms with E-state index in [1.807, 2.05) is 36.4 Å². The Balaban J connectivity index is 1.95. The lowest BCUT2D eigenvalue weighted by molar-refractivity contribution is 0.0985. The van der Waals surface area contributed by atoms with Crippen molar-refractivity contribution in [3.05, 3.63) is 84.4 Å². The van der Waals surface area contributed by atoms with Crippen LogP contribution in [-0.2, 0) is 6.54 Å². The highest BCUT2D eigenvalue weighted by molar-refractivity contribution is 6.05. The molecule has 0 fully saturated rings. The molecule has 24 heavy (non-hydrogen) atoms. The van der Waals surface area contributed by atoms with E-state index in [4.69, 9.17) is 4.74 Å². The number of carbonyl (C=O) groups excluding carboxylic acids is 1. The average Bonchev–Trinajstić information content (AvgIpc) is 2.67. The molecule has 3 rings (SSSR count). The summed E-state index contributed by atoms with van der Waals surface area (Å²) < 4.78 is 5.19. The minimum absolute atomic E-state index is 0.0913. The minimum atomic E-state index is -0.0913. The fourth-order valence-electron chi connectivity index (χ4n) is 2.37. The molecular formula is C19H17N3O2. The smallest absolute Gasteiger partial charge is 0.258 e. The Hall–Kier alpha value is -3.21. The minimum Gasteiger partial charge on any atom is -0.497 e. The summed E-state index contributed by atoms with van der Waals surface area (Å²) in [6.07, 6.45) is 6.70. The third kappa shape index (κ3) is 3.57. The van der Waals surface area contributed by atoms with E-state index in [2.05, 4.69) is 9.97 Å². The molecule has 2 heterocycles. The number of aromatic nitrogens is 2. The zero-order chi connectivity index (χ0) is 16.8. The first-order chi connectivity index (χ1) is 11.8. The van der Waals surface area contributed by atoms with Crippen LogP contribution in [-0.4, -0.2) is 23.0 Å². The molecule has 2 aromatic heterocycles. The van der Waals surface area contributed by atoms with E-state index in [0.29, 0.717) is 12.1 Å². The molecule has 0 saturated carbocycles. The van der Waals surface area contributed by atoms with Gasteiger partial charge in [0.25, 0.3) is 5.91 Å². The van der Waals surface area contributed by atoms with Gasteiger partial charge in [-0.3, -0.25) is 14.8 Å². The van der Waals surface area contributed by atoms with Gasteiger partial charge < -0.3 is 9.64 Å². The molecule has 0 aliphatic rings. The molecule has 0 saturated heterocycles. The Kier molecular flexibility index (Phi) is 4.81. The third-order valence-electron chi connectivity index (χ3n) is 3.62. The summed E-state index contributed by atoms with van der Waals surface area (Å²) in [6.45, 7) is 0.432. The number of benzene rings is 1. The lowest BCUT2D eigenvalue weighted by Crippen LogP contribution is -2.30. The Morgan fingerprint density at radius 3 is 2.38 bits per heavy atom. The van der Waals surface area contributed by atoms with Crippen LogP contribution in [0.25, 0.3) is 0 Å². The number of nitrogens with zero attached hydrogens (tertiary/aromatic N) is 3. The van der Waals surface area contributed by atoms with Gasteiger partial charge in [0.15, 0.2) is 0 Å². The summed E-state index contributed by atoms with van der Waals surface area (Å²) in [5, 5.41) is 0. The van der Waals surface area contributed by atoms with Gasteiger partial charge in [-0.15, -0.1) is 0 Å². The number of amides is 1. The van der Waals surface area contributed by atoms with Gasteiger partial charge in [0.2, 0.25) is 0 Å². The number of methoxy groups -OCH3 is 1. The van der Waals surface area contributed by atoms with Gasteiger partial charge >= 0.3 is 0 Å². The van der Waals surface area contributed by atoms with Crippen LogP contribution in [0.5, 0.6) is 5.75 Å². The lowest BCUT2D eigenvalue weighted by Gasteiger charge is -2.23. The van der Waals surface area contributed by atoms with Crippen LogP contribution in [0.2, 0.25) is 0 Å². The second kappa shape index (κ2) is 7.37. The summed E-state index contributed by atoms with van der Waals surface area (Å²) in [5.41, 5.74) is 2.34. The van der Waals surface area contributed by atoms with Crippen molar-refractivity contribution < 1.29 is 9.53 Å². The summed E-state index contributed by atoms with van der Waals surface area (Å²) in [7, 11) is 1.62. The third-order valence-corrected chi connectivity index (χ3v) is 3.62. The zero-order valence-electron chi connectivity index (χ0n) is 13.3. The molecule has 0 aliphatic heterocycles. The molecule has 0 atom stereocenters. The Morgan fingerprint density at radius 1 is 1.00 bits per heavy atom. The van der Waals surface area contributed by atoms with Crippen LogP contribution in [0.3, 0.4) is 0 Å².